The van der Waals surface area contributed by atoms with E-state index in [9.17, 15) is 9.59 Å². The Morgan fingerprint density at radius 1 is 1.43 bits per heavy atom. The Labute approximate surface area is 128 Å². The van der Waals surface area contributed by atoms with E-state index >= 15 is 0 Å². The van der Waals surface area contributed by atoms with Gasteiger partial charge in [-0.25, -0.2) is 0 Å². The van der Waals surface area contributed by atoms with Gasteiger partial charge in [0.2, 0.25) is 5.91 Å². The number of amides is 1. The zero-order chi connectivity index (χ0) is 15.6. The molecule has 0 saturated heterocycles. The van der Waals surface area contributed by atoms with E-state index in [0.717, 1.165) is 12.1 Å². The minimum absolute atomic E-state index is 0.00406. The normalized spacial score (nSPS) is 15.7. The quantitative estimate of drug-likeness (QED) is 0.861. The predicted octanol–water partition coefficient (Wildman–Crippen LogP) is 1.50. The third kappa shape index (κ3) is 3.39. The standard InChI is InChI=1S/C15H20N2O3S/c1-15(2,13(16)14(19)20)21-9-12(18)17-8-7-10-5-3-4-6-11(10)17/h3-6,13H,7-9,16H2,1-2H3,(H,19,20)/t13-/m0/s1. The molecule has 0 aromatic heterocycles. The summed E-state index contributed by atoms with van der Waals surface area (Å²) in [6.07, 6.45) is 0.866. The molecule has 1 atom stereocenters. The molecule has 1 aliphatic rings. The topological polar surface area (TPSA) is 83.6 Å². The van der Waals surface area contributed by atoms with Crippen LogP contribution in [0.3, 0.4) is 0 Å². The molecule has 0 bridgehead atoms. The van der Waals surface area contributed by atoms with Crippen molar-refractivity contribution in [2.45, 2.75) is 31.1 Å². The molecule has 0 radical (unpaired) electrons. The summed E-state index contributed by atoms with van der Waals surface area (Å²) in [6.45, 7) is 4.19. The molecule has 114 valence electrons. The Morgan fingerprint density at radius 3 is 2.76 bits per heavy atom. The van der Waals surface area contributed by atoms with Crippen molar-refractivity contribution in [1.82, 2.24) is 0 Å². The Bertz CT molecular complexity index is 560. The molecule has 0 saturated carbocycles. The second-order valence-corrected chi connectivity index (χ2v) is 7.26. The van der Waals surface area contributed by atoms with Gasteiger partial charge in [0.15, 0.2) is 0 Å². The summed E-state index contributed by atoms with van der Waals surface area (Å²) in [6, 6.07) is 6.86. The molecule has 2 rings (SSSR count). The van der Waals surface area contributed by atoms with Crippen LogP contribution in [0.15, 0.2) is 24.3 Å². The Hall–Kier alpha value is -1.53. The molecule has 1 aliphatic heterocycles. The van der Waals surface area contributed by atoms with Gasteiger partial charge in [0.1, 0.15) is 6.04 Å². The number of fused-ring (bicyclic) bond motifs is 1. The number of benzene rings is 1. The molecule has 3 N–H and O–H groups in total. The van der Waals surface area contributed by atoms with Crippen LogP contribution in [0.5, 0.6) is 0 Å². The van der Waals surface area contributed by atoms with Crippen LogP contribution in [0.25, 0.3) is 0 Å². The number of nitrogens with zero attached hydrogens (tertiary/aromatic N) is 1. The van der Waals surface area contributed by atoms with Crippen molar-refractivity contribution in [3.63, 3.8) is 0 Å². The van der Waals surface area contributed by atoms with Gasteiger partial charge < -0.3 is 15.7 Å². The lowest BCUT2D eigenvalue weighted by Crippen LogP contribution is -2.47. The van der Waals surface area contributed by atoms with E-state index in [2.05, 4.69) is 0 Å². The van der Waals surface area contributed by atoms with Gasteiger partial charge in [0.25, 0.3) is 0 Å². The van der Waals surface area contributed by atoms with Crippen LogP contribution in [0, 0.1) is 0 Å². The van der Waals surface area contributed by atoms with E-state index < -0.39 is 16.8 Å². The Balaban J connectivity index is 1.99. The largest absolute Gasteiger partial charge is 0.480 e. The minimum Gasteiger partial charge on any atom is -0.480 e. The van der Waals surface area contributed by atoms with E-state index in [1.165, 1.54) is 17.3 Å². The Morgan fingerprint density at radius 2 is 2.10 bits per heavy atom. The number of carbonyl (C=O) groups is 2. The van der Waals surface area contributed by atoms with Gasteiger partial charge in [-0.05, 0) is 31.9 Å². The first kappa shape index (κ1) is 15.9. The van der Waals surface area contributed by atoms with Crippen molar-refractivity contribution in [2.24, 2.45) is 5.73 Å². The maximum Gasteiger partial charge on any atom is 0.321 e. The van der Waals surface area contributed by atoms with E-state index in [1.807, 2.05) is 24.3 Å². The van der Waals surface area contributed by atoms with Gasteiger partial charge in [-0.2, -0.15) is 0 Å². The maximum atomic E-state index is 12.4. The number of nitrogens with two attached hydrogens (primary N) is 1. The molecule has 21 heavy (non-hydrogen) atoms. The van der Waals surface area contributed by atoms with Crippen molar-refractivity contribution in [3.8, 4) is 0 Å². The molecular formula is C15H20N2O3S. The molecule has 1 heterocycles. The van der Waals surface area contributed by atoms with Crippen LogP contribution in [-0.4, -0.2) is 40.1 Å². The number of carboxylic acid groups (broad SMARTS) is 1. The van der Waals surface area contributed by atoms with Gasteiger partial charge in [-0.15, -0.1) is 11.8 Å². The molecule has 1 aromatic rings. The fraction of sp³-hybridized carbons (Fsp3) is 0.467. The SMILES string of the molecule is CC(C)(SCC(=O)N1CCc2ccccc21)[C@@H](N)C(=O)O. The van der Waals surface area contributed by atoms with Gasteiger partial charge in [0, 0.05) is 17.0 Å². The molecular weight excluding hydrogens is 288 g/mol. The summed E-state index contributed by atoms with van der Waals surface area (Å²) in [4.78, 5) is 25.1. The lowest BCUT2D eigenvalue weighted by Gasteiger charge is -2.28. The number of carboxylic acids is 1. The summed E-state index contributed by atoms with van der Waals surface area (Å²) >= 11 is 1.29. The van der Waals surface area contributed by atoms with Crippen LogP contribution in [0.2, 0.25) is 0 Å². The molecule has 0 aliphatic carbocycles. The van der Waals surface area contributed by atoms with Gasteiger partial charge in [-0.1, -0.05) is 18.2 Å². The van der Waals surface area contributed by atoms with Gasteiger partial charge in [0.05, 0.1) is 5.75 Å². The van der Waals surface area contributed by atoms with Crippen molar-refractivity contribution >= 4 is 29.3 Å². The summed E-state index contributed by atoms with van der Waals surface area (Å²) in [5.74, 6) is -0.829. The average molecular weight is 308 g/mol. The van der Waals surface area contributed by atoms with Crippen LogP contribution in [0.1, 0.15) is 19.4 Å². The number of anilines is 1. The van der Waals surface area contributed by atoms with E-state index in [1.54, 1.807) is 18.7 Å². The second-order valence-electron chi connectivity index (χ2n) is 5.63. The summed E-state index contributed by atoms with van der Waals surface area (Å²) in [5, 5.41) is 8.99. The first-order valence-electron chi connectivity index (χ1n) is 6.83. The smallest absolute Gasteiger partial charge is 0.321 e. The first-order chi connectivity index (χ1) is 9.83. The molecule has 0 unspecified atom stereocenters. The lowest BCUT2D eigenvalue weighted by atomic mass is 10.1. The highest BCUT2D eigenvalue weighted by Gasteiger charge is 2.34. The summed E-state index contributed by atoms with van der Waals surface area (Å²) < 4.78 is -0.694. The van der Waals surface area contributed by atoms with Crippen molar-refractivity contribution < 1.29 is 14.7 Å². The van der Waals surface area contributed by atoms with Gasteiger partial charge in [-0.3, -0.25) is 9.59 Å². The zero-order valence-corrected chi connectivity index (χ0v) is 13.0. The number of rotatable bonds is 5. The Kier molecular flexibility index (Phi) is 4.58. The average Bonchev–Trinajstić information content (AvgIpc) is 2.88. The highest BCUT2D eigenvalue weighted by molar-refractivity contribution is 8.01. The number of aliphatic carboxylic acids is 1. The monoisotopic (exact) mass is 308 g/mol. The zero-order valence-electron chi connectivity index (χ0n) is 12.2. The fourth-order valence-corrected chi connectivity index (χ4v) is 3.24. The molecule has 5 nitrogen and oxygen atoms in total. The van der Waals surface area contributed by atoms with Crippen molar-refractivity contribution in [3.05, 3.63) is 29.8 Å². The van der Waals surface area contributed by atoms with E-state index in [4.69, 9.17) is 10.8 Å². The molecule has 1 amide bonds. The van der Waals surface area contributed by atoms with E-state index in [-0.39, 0.29) is 11.7 Å². The van der Waals surface area contributed by atoms with Crippen LogP contribution >= 0.6 is 11.8 Å². The van der Waals surface area contributed by atoms with Crippen molar-refractivity contribution in [2.75, 3.05) is 17.2 Å². The number of thioether (sulfide) groups is 1. The molecule has 1 aromatic carbocycles. The number of hydrogen-bond acceptors (Lipinski definition) is 4. The molecule has 6 heteroatoms. The number of para-hydroxylation sites is 1. The molecule has 0 fully saturated rings. The third-order valence-corrected chi connectivity index (χ3v) is 5.16. The van der Waals surface area contributed by atoms with Gasteiger partial charge >= 0.3 is 5.97 Å². The number of hydrogen-bond donors (Lipinski definition) is 2. The second kappa shape index (κ2) is 6.07. The maximum absolute atomic E-state index is 12.4. The number of carbonyl (C=O) groups excluding carboxylic acids is 1. The summed E-state index contributed by atoms with van der Waals surface area (Å²) in [7, 11) is 0. The fourth-order valence-electron chi connectivity index (χ4n) is 2.31. The third-order valence-electron chi connectivity index (χ3n) is 3.77. The lowest BCUT2D eigenvalue weighted by molar-refractivity contribution is -0.139. The van der Waals surface area contributed by atoms with Crippen LogP contribution in [-0.2, 0) is 16.0 Å². The minimum atomic E-state index is -1.05. The highest BCUT2D eigenvalue weighted by Crippen LogP contribution is 2.31. The summed E-state index contributed by atoms with van der Waals surface area (Å²) in [5.41, 5.74) is 7.80. The van der Waals surface area contributed by atoms with Crippen molar-refractivity contribution in [1.29, 1.82) is 0 Å². The molecule has 0 spiro atoms. The van der Waals surface area contributed by atoms with E-state index in [0.29, 0.717) is 6.54 Å². The first-order valence-corrected chi connectivity index (χ1v) is 7.82. The highest BCUT2D eigenvalue weighted by atomic mass is 32.2. The predicted molar refractivity (Wildman–Crippen MR) is 84.6 cm³/mol. The van der Waals surface area contributed by atoms with Crippen LogP contribution < -0.4 is 10.6 Å². The van der Waals surface area contributed by atoms with Crippen LogP contribution in [0.4, 0.5) is 5.69 Å².